The third kappa shape index (κ3) is 6.27. The van der Waals surface area contributed by atoms with Crippen LogP contribution < -0.4 is 15.4 Å². The third-order valence-electron chi connectivity index (χ3n) is 6.10. The minimum atomic E-state index is -3.82. The van der Waals surface area contributed by atoms with Crippen LogP contribution in [0.5, 0.6) is 0 Å². The van der Waals surface area contributed by atoms with Gasteiger partial charge in [0.15, 0.2) is 0 Å². The predicted molar refractivity (Wildman–Crippen MR) is 136 cm³/mol. The van der Waals surface area contributed by atoms with Gasteiger partial charge in [0.25, 0.3) is 15.9 Å². The maximum absolute atomic E-state index is 12.9. The first kappa shape index (κ1) is 24.5. The zero-order chi connectivity index (χ0) is 25.0. The van der Waals surface area contributed by atoms with E-state index in [9.17, 15) is 18.0 Å². The fraction of sp³-hybridized carbons (Fsp3) is 0.259. The summed E-state index contributed by atoms with van der Waals surface area (Å²) in [6.07, 6.45) is 2.25. The molecule has 0 radical (unpaired) electrons. The van der Waals surface area contributed by atoms with Gasteiger partial charge in [-0.1, -0.05) is 42.5 Å². The maximum atomic E-state index is 12.9. The Morgan fingerprint density at radius 2 is 1.60 bits per heavy atom. The van der Waals surface area contributed by atoms with Crippen LogP contribution in [0.4, 0.5) is 5.69 Å². The molecule has 1 atom stereocenters. The zero-order valence-electron chi connectivity index (χ0n) is 19.7. The summed E-state index contributed by atoms with van der Waals surface area (Å²) >= 11 is 0. The van der Waals surface area contributed by atoms with Crippen LogP contribution in [0.15, 0.2) is 77.7 Å². The fourth-order valence-corrected chi connectivity index (χ4v) is 4.80. The molecule has 182 valence electrons. The smallest absolute Gasteiger partial charge is 0.261 e. The van der Waals surface area contributed by atoms with E-state index in [0.717, 1.165) is 29.5 Å². The molecule has 3 N–H and O–H groups in total. The molecule has 1 aliphatic rings. The molecule has 2 amide bonds. The first-order valence-electron chi connectivity index (χ1n) is 11.6. The van der Waals surface area contributed by atoms with E-state index in [1.807, 2.05) is 50.2 Å². The third-order valence-corrected chi connectivity index (χ3v) is 7.49. The van der Waals surface area contributed by atoms with Crippen LogP contribution in [0.2, 0.25) is 0 Å². The summed E-state index contributed by atoms with van der Waals surface area (Å²) in [6, 6.07) is 20.0. The zero-order valence-corrected chi connectivity index (χ0v) is 20.6. The molecule has 0 bridgehead atoms. The van der Waals surface area contributed by atoms with Crippen molar-refractivity contribution in [2.75, 3.05) is 4.72 Å². The van der Waals surface area contributed by atoms with E-state index in [1.54, 1.807) is 12.1 Å². The molecule has 4 rings (SSSR count). The molecular formula is C27H29N3O4S. The normalized spacial score (nSPS) is 14.1. The SMILES string of the molecule is Cc1cccc(NS(=O)(=O)c2ccc(C(=O)NC(Cc3ccccc3)C(=O)NC3CC3)cc2)c1C. The molecule has 1 unspecified atom stereocenters. The minimum Gasteiger partial charge on any atom is -0.352 e. The summed E-state index contributed by atoms with van der Waals surface area (Å²) in [7, 11) is -3.82. The van der Waals surface area contributed by atoms with Crippen molar-refractivity contribution in [1.82, 2.24) is 10.6 Å². The lowest BCUT2D eigenvalue weighted by Crippen LogP contribution is -2.48. The van der Waals surface area contributed by atoms with Crippen molar-refractivity contribution in [3.63, 3.8) is 0 Å². The fourth-order valence-electron chi connectivity index (χ4n) is 3.68. The van der Waals surface area contributed by atoms with Crippen molar-refractivity contribution < 1.29 is 18.0 Å². The Hall–Kier alpha value is -3.65. The molecule has 0 aromatic heterocycles. The Balaban J connectivity index is 1.47. The van der Waals surface area contributed by atoms with Gasteiger partial charge in [0.05, 0.1) is 10.6 Å². The van der Waals surface area contributed by atoms with Crippen LogP contribution in [-0.4, -0.2) is 32.3 Å². The van der Waals surface area contributed by atoms with Crippen LogP contribution in [0.3, 0.4) is 0 Å². The van der Waals surface area contributed by atoms with Gasteiger partial charge in [0, 0.05) is 18.0 Å². The monoisotopic (exact) mass is 491 g/mol. The van der Waals surface area contributed by atoms with E-state index >= 15 is 0 Å². The summed E-state index contributed by atoms with van der Waals surface area (Å²) < 4.78 is 28.3. The van der Waals surface area contributed by atoms with Gasteiger partial charge in [-0.05, 0) is 73.7 Å². The van der Waals surface area contributed by atoms with Crippen molar-refractivity contribution in [2.45, 2.75) is 50.1 Å². The summed E-state index contributed by atoms with van der Waals surface area (Å²) in [6.45, 7) is 3.77. The Bertz CT molecular complexity index is 1320. The molecule has 0 spiro atoms. The van der Waals surface area contributed by atoms with Gasteiger partial charge >= 0.3 is 0 Å². The van der Waals surface area contributed by atoms with Crippen LogP contribution in [0.1, 0.15) is 39.9 Å². The number of carbonyl (C=O) groups is 2. The van der Waals surface area contributed by atoms with Gasteiger partial charge < -0.3 is 10.6 Å². The molecule has 1 saturated carbocycles. The second-order valence-corrected chi connectivity index (χ2v) is 10.6. The van der Waals surface area contributed by atoms with Crippen molar-refractivity contribution in [2.24, 2.45) is 0 Å². The summed E-state index contributed by atoms with van der Waals surface area (Å²) in [5.41, 5.74) is 3.54. The van der Waals surface area contributed by atoms with Crippen LogP contribution in [0, 0.1) is 13.8 Å². The van der Waals surface area contributed by atoms with Gasteiger partial charge in [0.1, 0.15) is 6.04 Å². The molecule has 8 heteroatoms. The number of anilines is 1. The number of amides is 2. The molecule has 0 saturated heterocycles. The second-order valence-electron chi connectivity index (χ2n) is 8.88. The first-order chi connectivity index (χ1) is 16.7. The minimum absolute atomic E-state index is 0.0438. The average molecular weight is 492 g/mol. The Labute approximate surface area is 206 Å². The highest BCUT2D eigenvalue weighted by atomic mass is 32.2. The molecule has 1 aliphatic carbocycles. The molecular weight excluding hydrogens is 462 g/mol. The maximum Gasteiger partial charge on any atom is 0.261 e. The number of carbonyl (C=O) groups excluding carboxylic acids is 2. The molecule has 0 heterocycles. The van der Waals surface area contributed by atoms with Gasteiger partial charge in [-0.2, -0.15) is 0 Å². The van der Waals surface area contributed by atoms with Gasteiger partial charge in [-0.25, -0.2) is 8.42 Å². The van der Waals surface area contributed by atoms with Crippen molar-refractivity contribution in [3.8, 4) is 0 Å². The second kappa shape index (κ2) is 10.3. The van der Waals surface area contributed by atoms with Crippen molar-refractivity contribution >= 4 is 27.5 Å². The highest BCUT2D eigenvalue weighted by molar-refractivity contribution is 7.92. The Morgan fingerprint density at radius 3 is 2.26 bits per heavy atom. The number of aryl methyl sites for hydroxylation is 1. The topological polar surface area (TPSA) is 104 Å². The Morgan fingerprint density at radius 1 is 0.914 bits per heavy atom. The predicted octanol–water partition coefficient (Wildman–Crippen LogP) is 3.72. The summed E-state index contributed by atoms with van der Waals surface area (Å²) in [5.74, 6) is -0.662. The number of nitrogens with one attached hydrogen (secondary N) is 3. The van der Waals surface area contributed by atoms with Crippen molar-refractivity contribution in [1.29, 1.82) is 0 Å². The number of sulfonamides is 1. The van der Waals surface area contributed by atoms with Gasteiger partial charge in [0.2, 0.25) is 5.91 Å². The van der Waals surface area contributed by atoms with E-state index < -0.39 is 22.0 Å². The Kier molecular flexibility index (Phi) is 7.21. The van der Waals surface area contributed by atoms with Gasteiger partial charge in [-0.15, -0.1) is 0 Å². The quantitative estimate of drug-likeness (QED) is 0.424. The molecule has 0 aliphatic heterocycles. The standard InChI is InChI=1S/C27H29N3O4S/c1-18-7-6-10-24(19(18)2)30-35(33,34)23-15-11-21(12-16-23)26(31)29-25(27(32)28-22-13-14-22)17-20-8-4-3-5-9-20/h3-12,15-16,22,25,30H,13-14,17H2,1-2H3,(H,28,32)(H,29,31). The summed E-state index contributed by atoms with van der Waals surface area (Å²) in [5, 5.41) is 5.76. The van der Waals surface area contributed by atoms with Gasteiger partial charge in [-0.3, -0.25) is 14.3 Å². The van der Waals surface area contributed by atoms with E-state index in [1.165, 1.54) is 24.3 Å². The first-order valence-corrected chi connectivity index (χ1v) is 13.1. The van der Waals surface area contributed by atoms with E-state index in [0.29, 0.717) is 12.1 Å². The van der Waals surface area contributed by atoms with Crippen LogP contribution >= 0.6 is 0 Å². The molecule has 35 heavy (non-hydrogen) atoms. The number of hydrogen-bond donors (Lipinski definition) is 3. The molecule has 1 fully saturated rings. The lowest BCUT2D eigenvalue weighted by molar-refractivity contribution is -0.123. The summed E-state index contributed by atoms with van der Waals surface area (Å²) in [4.78, 5) is 25.7. The number of rotatable bonds is 9. The molecule has 7 nitrogen and oxygen atoms in total. The van der Waals surface area contributed by atoms with Crippen LogP contribution in [-0.2, 0) is 21.2 Å². The largest absolute Gasteiger partial charge is 0.352 e. The molecule has 3 aromatic carbocycles. The van der Waals surface area contributed by atoms with E-state index in [2.05, 4.69) is 15.4 Å². The lowest BCUT2D eigenvalue weighted by Gasteiger charge is -2.19. The van der Waals surface area contributed by atoms with E-state index in [4.69, 9.17) is 0 Å². The molecule has 3 aromatic rings. The average Bonchev–Trinajstić information content (AvgIpc) is 3.66. The van der Waals surface area contributed by atoms with E-state index in [-0.39, 0.29) is 22.4 Å². The number of benzene rings is 3. The highest BCUT2D eigenvalue weighted by Gasteiger charge is 2.29. The lowest BCUT2D eigenvalue weighted by atomic mass is 10.0. The highest BCUT2D eigenvalue weighted by Crippen LogP contribution is 2.22. The van der Waals surface area contributed by atoms with Crippen molar-refractivity contribution in [3.05, 3.63) is 95.1 Å². The number of hydrogen-bond acceptors (Lipinski definition) is 4. The van der Waals surface area contributed by atoms with Crippen LogP contribution in [0.25, 0.3) is 0 Å².